The number of carboxylic acid groups (broad SMARTS) is 1. The monoisotopic (exact) mass is 289 g/mol. The third-order valence-electron chi connectivity index (χ3n) is 4.39. The number of nitrogens with zero attached hydrogens (tertiary/aromatic N) is 2. The molecule has 3 N–H and O–H groups in total. The van der Waals surface area contributed by atoms with Gasteiger partial charge in [0.15, 0.2) is 0 Å². The molecule has 0 unspecified atom stereocenters. The molecular formula is C12H23N3O3S. The van der Waals surface area contributed by atoms with E-state index in [1.807, 2.05) is 26.2 Å². The molecule has 1 heterocycles. The van der Waals surface area contributed by atoms with E-state index in [2.05, 4.69) is 15.0 Å². The van der Waals surface area contributed by atoms with Gasteiger partial charge >= 0.3 is 5.97 Å². The summed E-state index contributed by atoms with van der Waals surface area (Å²) in [7, 11) is -1.78. The Kier molecular flexibility index (Phi) is 3.60. The molecular weight excluding hydrogens is 266 g/mol. The maximum atomic E-state index is 11.2. The van der Waals surface area contributed by atoms with Crippen molar-refractivity contribution in [1.29, 1.82) is 0 Å². The molecule has 0 radical (unpaired) electrons. The molecule has 0 fully saturated rings. The molecule has 0 spiro atoms. The first kappa shape index (κ1) is 15.7. The highest BCUT2D eigenvalue weighted by Crippen LogP contribution is 2.83. The lowest BCUT2D eigenvalue weighted by Crippen LogP contribution is -2.49. The summed E-state index contributed by atoms with van der Waals surface area (Å²) in [4.78, 5) is 20.0. The highest BCUT2D eigenvalue weighted by atomic mass is 32.4. The van der Waals surface area contributed by atoms with Crippen molar-refractivity contribution in [1.82, 2.24) is 0 Å². The zero-order chi connectivity index (χ0) is 14.8. The van der Waals surface area contributed by atoms with Crippen molar-refractivity contribution < 1.29 is 14.7 Å². The predicted molar refractivity (Wildman–Crippen MR) is 82.1 cm³/mol. The van der Waals surface area contributed by atoms with Crippen LogP contribution in [0.1, 0.15) is 20.8 Å². The molecule has 0 aromatic heterocycles. The average Bonchev–Trinajstić information content (AvgIpc) is 2.75. The topological polar surface area (TPSA) is 97.3 Å². The van der Waals surface area contributed by atoms with E-state index in [-0.39, 0.29) is 5.71 Å². The minimum absolute atomic E-state index is 0.206. The van der Waals surface area contributed by atoms with Gasteiger partial charge in [-0.3, -0.25) is 0 Å². The summed E-state index contributed by atoms with van der Waals surface area (Å²) < 4.78 is 0. The van der Waals surface area contributed by atoms with E-state index in [0.717, 1.165) is 17.3 Å². The lowest BCUT2D eigenvalue weighted by Gasteiger charge is -2.70. The van der Waals surface area contributed by atoms with Crippen LogP contribution in [0.25, 0.3) is 0 Å². The fraction of sp³-hybridized carbons (Fsp3) is 0.583. The van der Waals surface area contributed by atoms with Crippen LogP contribution in [-0.4, -0.2) is 46.7 Å². The Morgan fingerprint density at radius 3 is 2.26 bits per heavy atom. The van der Waals surface area contributed by atoms with Crippen LogP contribution >= 0.6 is 8.48 Å². The zero-order valence-electron chi connectivity index (χ0n) is 11.9. The number of hydrogen-bond acceptors (Lipinski definition) is 5. The van der Waals surface area contributed by atoms with Crippen LogP contribution in [0.3, 0.4) is 0 Å². The van der Waals surface area contributed by atoms with E-state index in [1.165, 1.54) is 7.11 Å². The lowest BCUT2D eigenvalue weighted by molar-refractivity contribution is -0.129. The van der Waals surface area contributed by atoms with Gasteiger partial charge < -0.3 is 15.1 Å². The molecule has 0 bridgehead atoms. The van der Waals surface area contributed by atoms with Crippen LogP contribution in [0.4, 0.5) is 0 Å². The maximum Gasteiger partial charge on any atom is 0.360 e. The molecule has 0 aromatic carbocycles. The lowest BCUT2D eigenvalue weighted by atomic mass is 10.3. The second kappa shape index (κ2) is 4.35. The van der Waals surface area contributed by atoms with Crippen molar-refractivity contribution in [3.05, 3.63) is 11.1 Å². The summed E-state index contributed by atoms with van der Waals surface area (Å²) in [5.41, 5.74) is 1.87. The Hall–Kier alpha value is -1.34. The molecule has 7 heteroatoms. The minimum atomic E-state index is -3.08. The van der Waals surface area contributed by atoms with E-state index in [4.69, 9.17) is 10.2 Å². The molecule has 6 nitrogen and oxygen atoms in total. The van der Waals surface area contributed by atoms with Crippen LogP contribution in [0.2, 0.25) is 0 Å². The first-order valence-corrected chi connectivity index (χ1v) is 9.35. The van der Waals surface area contributed by atoms with Crippen LogP contribution in [-0.2, 0) is 9.63 Å². The van der Waals surface area contributed by atoms with Crippen molar-refractivity contribution in [3.63, 3.8) is 0 Å². The summed E-state index contributed by atoms with van der Waals surface area (Å²) in [5, 5.41) is 21.4. The number of hydrogen-bond donors (Lipinski definition) is 2. The Morgan fingerprint density at radius 1 is 1.42 bits per heavy atom. The maximum absolute atomic E-state index is 11.2. The molecule has 110 valence electrons. The minimum Gasteiger partial charge on any atom is -0.476 e. The molecule has 19 heavy (non-hydrogen) atoms. The summed E-state index contributed by atoms with van der Waals surface area (Å²) in [5.74, 6) is 1.04. The van der Waals surface area contributed by atoms with Gasteiger partial charge in [-0.15, -0.1) is 0 Å². The van der Waals surface area contributed by atoms with Crippen LogP contribution in [0.15, 0.2) is 21.3 Å². The highest BCUT2D eigenvalue weighted by Gasteiger charge is 2.53. The van der Waals surface area contributed by atoms with Crippen LogP contribution < -0.4 is 5.14 Å². The molecule has 0 amide bonds. The number of aliphatic imine (C=N–C) groups is 1. The van der Waals surface area contributed by atoms with Crippen molar-refractivity contribution in [2.75, 3.05) is 24.4 Å². The third kappa shape index (κ3) is 2.28. The molecule has 1 rings (SSSR count). The predicted octanol–water partition coefficient (Wildman–Crippen LogP) is 1.77. The van der Waals surface area contributed by atoms with Crippen molar-refractivity contribution in [3.8, 4) is 0 Å². The number of oxime groups is 1. The Morgan fingerprint density at radius 2 is 1.95 bits per heavy atom. The van der Waals surface area contributed by atoms with E-state index in [0.29, 0.717) is 5.70 Å². The Labute approximate surface area is 112 Å². The van der Waals surface area contributed by atoms with Gasteiger partial charge in [-0.2, -0.15) is 8.48 Å². The standard InChI is InChI=1S/C12H23N3O3S/c1-5-19(13,6-2,7-3)8-10(14-9-19)11(12(16)17)15-18-4/h8-9H,5-7,13H2,1-4H3,(H,16,17)/b15-11-. The smallest absolute Gasteiger partial charge is 0.360 e. The third-order valence-corrected chi connectivity index (χ3v) is 11.6. The van der Waals surface area contributed by atoms with Gasteiger partial charge in [0.2, 0.25) is 5.71 Å². The number of carbonyl (C=O) groups is 1. The second-order valence-corrected chi connectivity index (χ2v) is 12.3. The van der Waals surface area contributed by atoms with Crippen molar-refractivity contribution in [2.24, 2.45) is 15.3 Å². The van der Waals surface area contributed by atoms with Crippen LogP contribution in [0.5, 0.6) is 0 Å². The van der Waals surface area contributed by atoms with E-state index in [1.54, 1.807) is 5.55 Å². The average molecular weight is 289 g/mol. The summed E-state index contributed by atoms with van der Waals surface area (Å²) in [6.07, 6.45) is 0. The van der Waals surface area contributed by atoms with Gasteiger partial charge in [-0.25, -0.2) is 9.79 Å². The van der Waals surface area contributed by atoms with Crippen molar-refractivity contribution in [2.45, 2.75) is 20.8 Å². The number of aliphatic carboxylic acids is 1. The second-order valence-electron chi connectivity index (χ2n) is 5.05. The molecule has 1 aliphatic heterocycles. The molecule has 0 atom stereocenters. The number of carboxylic acids is 1. The van der Waals surface area contributed by atoms with E-state index >= 15 is 0 Å². The number of nitrogens with two attached hydrogens (primary N) is 1. The van der Waals surface area contributed by atoms with E-state index < -0.39 is 14.4 Å². The first-order chi connectivity index (χ1) is 8.73. The fourth-order valence-corrected chi connectivity index (χ4v) is 5.74. The van der Waals surface area contributed by atoms with Gasteiger partial charge in [0.1, 0.15) is 12.8 Å². The first-order valence-electron chi connectivity index (χ1n) is 6.21. The van der Waals surface area contributed by atoms with Crippen molar-refractivity contribution >= 4 is 25.7 Å². The molecule has 0 saturated carbocycles. The van der Waals surface area contributed by atoms with Gasteiger partial charge in [-0.05, 0) is 22.7 Å². The quantitative estimate of drug-likeness (QED) is 0.575. The molecule has 0 saturated heterocycles. The van der Waals surface area contributed by atoms with E-state index in [9.17, 15) is 4.79 Å². The molecule has 1 aliphatic rings. The molecule has 0 aromatic rings. The summed E-state index contributed by atoms with van der Waals surface area (Å²) in [6, 6.07) is 0. The number of rotatable bonds is 6. The summed E-state index contributed by atoms with van der Waals surface area (Å²) in [6.45, 7) is 6.07. The molecule has 0 aliphatic carbocycles. The summed E-state index contributed by atoms with van der Waals surface area (Å²) >= 11 is 0. The zero-order valence-corrected chi connectivity index (χ0v) is 12.7. The fourth-order valence-electron chi connectivity index (χ4n) is 2.15. The SMILES string of the molecule is CCS1(N)(CC)(CC)C=NC(/C(=N/OC)C(=O)O)=C1. The van der Waals surface area contributed by atoms with Gasteiger partial charge in [0.25, 0.3) is 0 Å². The Bertz CT molecular complexity index is 493. The van der Waals surface area contributed by atoms with Crippen LogP contribution in [0, 0.1) is 0 Å². The largest absolute Gasteiger partial charge is 0.476 e. The van der Waals surface area contributed by atoms with Gasteiger partial charge in [0, 0.05) is 5.55 Å². The normalized spacial score (nSPS) is 26.6. The van der Waals surface area contributed by atoms with Gasteiger partial charge in [-0.1, -0.05) is 25.9 Å². The highest BCUT2D eigenvalue weighted by molar-refractivity contribution is 8.73. The van der Waals surface area contributed by atoms with Gasteiger partial charge in [0.05, 0.1) is 0 Å². The Balaban J connectivity index is 3.48.